The van der Waals surface area contributed by atoms with E-state index in [0.29, 0.717) is 24.0 Å². The van der Waals surface area contributed by atoms with E-state index in [2.05, 4.69) is 16.9 Å². The van der Waals surface area contributed by atoms with Crippen molar-refractivity contribution in [3.63, 3.8) is 0 Å². The molecule has 1 aromatic heterocycles. The number of nitro benzene ring substituents is 1. The van der Waals surface area contributed by atoms with Gasteiger partial charge in [-0.15, -0.1) is 0 Å². The van der Waals surface area contributed by atoms with Gasteiger partial charge in [-0.25, -0.2) is 4.79 Å². The van der Waals surface area contributed by atoms with Crippen LogP contribution in [0.25, 0.3) is 10.9 Å². The Morgan fingerprint density at radius 1 is 1.25 bits per heavy atom. The minimum atomic E-state index is -0.742. The normalized spacial score (nSPS) is 13.9. The molecule has 0 bridgehead atoms. The van der Waals surface area contributed by atoms with Crippen LogP contribution in [0.4, 0.5) is 10.5 Å². The van der Waals surface area contributed by atoms with E-state index in [-0.39, 0.29) is 17.3 Å². The van der Waals surface area contributed by atoms with Crippen LogP contribution in [0.15, 0.2) is 18.2 Å². The van der Waals surface area contributed by atoms with Gasteiger partial charge in [0.15, 0.2) is 0 Å². The molecule has 1 aliphatic rings. The molecule has 1 fully saturated rings. The Bertz CT molecular complexity index is 1020. The second-order valence-electron chi connectivity index (χ2n) is 7.45. The van der Waals surface area contributed by atoms with Crippen LogP contribution in [0.2, 0.25) is 0 Å². The zero-order chi connectivity index (χ0) is 20.5. The van der Waals surface area contributed by atoms with E-state index in [1.165, 1.54) is 18.2 Å². The highest BCUT2D eigenvalue weighted by atomic mass is 16.6. The van der Waals surface area contributed by atoms with Crippen molar-refractivity contribution in [2.45, 2.75) is 39.2 Å². The number of likely N-dealkylation sites (tertiary alicyclic amines) is 1. The average molecular weight is 384 g/mol. The summed E-state index contributed by atoms with van der Waals surface area (Å²) in [5, 5.41) is 15.6. The van der Waals surface area contributed by atoms with Gasteiger partial charge in [-0.2, -0.15) is 9.78 Å². The van der Waals surface area contributed by atoms with Crippen molar-refractivity contribution in [2.24, 2.45) is 0 Å². The molecule has 2 aromatic rings. The van der Waals surface area contributed by atoms with Gasteiger partial charge in [0.1, 0.15) is 11.3 Å². The summed E-state index contributed by atoms with van der Waals surface area (Å²) >= 11 is 0. The number of carbonyl (C=O) groups excluding carboxylic acids is 2. The molecule has 0 aliphatic carbocycles. The van der Waals surface area contributed by atoms with E-state index in [4.69, 9.17) is 4.74 Å². The van der Waals surface area contributed by atoms with Crippen molar-refractivity contribution < 1.29 is 19.2 Å². The number of amides is 1. The summed E-state index contributed by atoms with van der Waals surface area (Å²) in [5.41, 5.74) is -0.478. The lowest BCUT2D eigenvalue weighted by Crippen LogP contribution is -2.27. The topological polar surface area (TPSA) is 108 Å². The Labute approximate surface area is 161 Å². The summed E-state index contributed by atoms with van der Waals surface area (Å²) in [4.78, 5) is 36.9. The van der Waals surface area contributed by atoms with Gasteiger partial charge in [0.2, 0.25) is 0 Å². The van der Waals surface area contributed by atoms with Crippen LogP contribution in [0.3, 0.4) is 0 Å². The highest BCUT2D eigenvalue weighted by molar-refractivity contribution is 5.97. The molecule has 0 radical (unpaired) electrons. The van der Waals surface area contributed by atoms with E-state index < -0.39 is 16.6 Å². The number of nitrogens with zero attached hydrogens (tertiary/aromatic N) is 4. The van der Waals surface area contributed by atoms with E-state index in [0.717, 1.165) is 17.5 Å². The molecule has 3 rings (SSSR count). The summed E-state index contributed by atoms with van der Waals surface area (Å²) in [6, 6.07) is 3.98. The summed E-state index contributed by atoms with van der Waals surface area (Å²) < 4.78 is 6.34. The number of non-ortho nitro benzene ring substituents is 1. The lowest BCUT2D eigenvalue weighted by atomic mass is 10.2. The molecular weight excluding hydrogens is 364 g/mol. The number of hydrogen-bond acceptors (Lipinski definition) is 6. The van der Waals surface area contributed by atoms with E-state index in [9.17, 15) is 19.7 Å². The molecule has 9 heteroatoms. The number of aromatic nitrogens is 2. The number of ether oxygens (including phenoxy) is 1. The zero-order valence-electron chi connectivity index (χ0n) is 15.9. The SMILES string of the molecule is CC(C)(C)OC(=O)n1nc(C#CC(=O)N2CCCC2)c2cc([N+](=O)[O-])ccc21. The van der Waals surface area contributed by atoms with Gasteiger partial charge in [-0.1, -0.05) is 0 Å². The third-order valence-corrected chi connectivity index (χ3v) is 4.12. The zero-order valence-corrected chi connectivity index (χ0v) is 15.9. The van der Waals surface area contributed by atoms with Crippen LogP contribution in [0, 0.1) is 22.0 Å². The Kier molecular flexibility index (Phi) is 5.05. The van der Waals surface area contributed by atoms with Gasteiger partial charge in [0.05, 0.1) is 10.4 Å². The largest absolute Gasteiger partial charge is 0.442 e. The van der Waals surface area contributed by atoms with Gasteiger partial charge >= 0.3 is 6.09 Å². The number of benzene rings is 1. The summed E-state index contributed by atoms with van der Waals surface area (Å²) in [6.07, 6.45) is 1.15. The van der Waals surface area contributed by atoms with Crippen molar-refractivity contribution in [3.8, 4) is 11.8 Å². The van der Waals surface area contributed by atoms with Crippen LogP contribution in [0.5, 0.6) is 0 Å². The summed E-state index contributed by atoms with van der Waals surface area (Å²) in [5.74, 6) is 4.86. The van der Waals surface area contributed by atoms with Gasteiger partial charge in [-0.05, 0) is 45.6 Å². The lowest BCUT2D eigenvalue weighted by molar-refractivity contribution is -0.384. The standard InChI is InChI=1S/C19H20N4O5/c1-19(2,3)28-18(25)22-16-8-6-13(23(26)27)12-14(16)15(20-22)7-9-17(24)21-10-4-5-11-21/h6,8,12H,4-5,10-11H2,1-3H3. The van der Waals surface area contributed by atoms with Crippen molar-refractivity contribution in [1.82, 2.24) is 14.7 Å². The van der Waals surface area contributed by atoms with Crippen molar-refractivity contribution in [1.29, 1.82) is 0 Å². The molecule has 0 saturated carbocycles. The van der Waals surface area contributed by atoms with Gasteiger partial charge in [0.25, 0.3) is 11.6 Å². The first-order chi connectivity index (χ1) is 13.2. The molecule has 1 aliphatic heterocycles. The van der Waals surface area contributed by atoms with Gasteiger partial charge < -0.3 is 9.64 Å². The maximum absolute atomic E-state index is 12.5. The second kappa shape index (κ2) is 7.31. The Hall–Kier alpha value is -3.41. The molecule has 1 saturated heterocycles. The predicted molar refractivity (Wildman–Crippen MR) is 101 cm³/mol. The fourth-order valence-electron chi connectivity index (χ4n) is 2.87. The molecule has 1 amide bonds. The molecule has 1 aromatic carbocycles. The van der Waals surface area contributed by atoms with Crippen LogP contribution < -0.4 is 0 Å². The van der Waals surface area contributed by atoms with E-state index >= 15 is 0 Å². The monoisotopic (exact) mass is 384 g/mol. The molecular formula is C19H20N4O5. The van der Waals surface area contributed by atoms with E-state index in [1.54, 1.807) is 25.7 Å². The summed E-state index contributed by atoms with van der Waals surface area (Å²) in [6.45, 7) is 6.47. The van der Waals surface area contributed by atoms with Crippen LogP contribution in [-0.2, 0) is 9.53 Å². The highest BCUT2D eigenvalue weighted by Crippen LogP contribution is 2.24. The van der Waals surface area contributed by atoms with Crippen molar-refractivity contribution >= 4 is 28.6 Å². The first-order valence-electron chi connectivity index (χ1n) is 8.87. The average Bonchev–Trinajstić information content (AvgIpc) is 3.26. The number of fused-ring (bicyclic) bond motifs is 1. The molecule has 0 N–H and O–H groups in total. The fourth-order valence-corrected chi connectivity index (χ4v) is 2.87. The predicted octanol–water partition coefficient (Wildman–Crippen LogP) is 2.70. The van der Waals surface area contributed by atoms with Gasteiger partial charge in [-0.3, -0.25) is 14.9 Å². The second-order valence-corrected chi connectivity index (χ2v) is 7.45. The first kappa shape index (κ1) is 19.4. The number of nitro groups is 1. The molecule has 28 heavy (non-hydrogen) atoms. The molecule has 146 valence electrons. The van der Waals surface area contributed by atoms with Crippen LogP contribution in [-0.4, -0.2) is 50.3 Å². The highest BCUT2D eigenvalue weighted by Gasteiger charge is 2.23. The molecule has 0 unspecified atom stereocenters. The third kappa shape index (κ3) is 4.11. The maximum atomic E-state index is 12.5. The number of rotatable bonds is 1. The van der Waals surface area contributed by atoms with Crippen LogP contribution >= 0.6 is 0 Å². The Balaban J connectivity index is 2.05. The Morgan fingerprint density at radius 3 is 2.54 bits per heavy atom. The van der Waals surface area contributed by atoms with E-state index in [1.807, 2.05) is 0 Å². The lowest BCUT2D eigenvalue weighted by Gasteiger charge is -2.19. The molecule has 2 heterocycles. The third-order valence-electron chi connectivity index (χ3n) is 4.12. The number of carbonyl (C=O) groups is 2. The number of hydrogen-bond donors (Lipinski definition) is 0. The summed E-state index contributed by atoms with van der Waals surface area (Å²) in [7, 11) is 0. The molecule has 0 atom stereocenters. The minimum Gasteiger partial charge on any atom is -0.442 e. The Morgan fingerprint density at radius 2 is 1.93 bits per heavy atom. The van der Waals surface area contributed by atoms with Crippen LogP contribution in [0.1, 0.15) is 39.3 Å². The quantitative estimate of drug-likeness (QED) is 0.425. The van der Waals surface area contributed by atoms with Crippen molar-refractivity contribution in [2.75, 3.05) is 13.1 Å². The molecule has 0 spiro atoms. The van der Waals surface area contributed by atoms with Gasteiger partial charge in [0, 0.05) is 36.5 Å². The minimum absolute atomic E-state index is 0.108. The smallest absolute Gasteiger partial charge is 0.435 e. The maximum Gasteiger partial charge on any atom is 0.435 e. The fraction of sp³-hybridized carbons (Fsp3) is 0.421. The first-order valence-corrected chi connectivity index (χ1v) is 8.87. The van der Waals surface area contributed by atoms with Crippen molar-refractivity contribution in [3.05, 3.63) is 34.0 Å². The molecule has 9 nitrogen and oxygen atoms in total.